The first kappa shape index (κ1) is 23.4. The average Bonchev–Trinajstić information content (AvgIpc) is 2.87. The molecule has 0 saturated heterocycles. The smallest absolute Gasteiger partial charge is 0.342 e. The zero-order valence-corrected chi connectivity index (χ0v) is 19.8. The molecular formula is C28H28O6. The number of esters is 2. The minimum atomic E-state index is -0.728. The molecule has 1 aliphatic rings. The van der Waals surface area contributed by atoms with Crippen LogP contribution in [0.1, 0.15) is 54.6 Å². The van der Waals surface area contributed by atoms with Crippen LogP contribution in [0.15, 0.2) is 54.6 Å². The standard InChI is InChI=1S/C28H28O6/c1-5-6-16-28(19-11-13-20(31-3)14-12-19)17-15-23-24(27(30)32-4)26(33-18(2)29)22-10-8-7-9-21(22)25(23)34-28/h7-15,17H,5-6,16H2,1-4H3. The summed E-state index contributed by atoms with van der Waals surface area (Å²) in [6.45, 7) is 3.44. The van der Waals surface area contributed by atoms with Gasteiger partial charge in [-0.1, -0.05) is 49.7 Å². The summed E-state index contributed by atoms with van der Waals surface area (Å²) in [5.74, 6) is 0.372. The average molecular weight is 461 g/mol. The predicted molar refractivity (Wildman–Crippen MR) is 130 cm³/mol. The molecule has 3 aromatic carbocycles. The highest BCUT2D eigenvalue weighted by molar-refractivity contribution is 6.09. The molecule has 0 fully saturated rings. The first-order valence-corrected chi connectivity index (χ1v) is 11.3. The van der Waals surface area contributed by atoms with Gasteiger partial charge in [0.15, 0.2) is 11.4 Å². The summed E-state index contributed by atoms with van der Waals surface area (Å²) in [5, 5.41) is 1.35. The molecule has 0 aliphatic carbocycles. The minimum Gasteiger partial charge on any atom is -0.497 e. The van der Waals surface area contributed by atoms with E-state index in [-0.39, 0.29) is 11.3 Å². The number of ether oxygens (including phenoxy) is 4. The van der Waals surface area contributed by atoms with Gasteiger partial charge in [-0.15, -0.1) is 0 Å². The van der Waals surface area contributed by atoms with Crippen molar-refractivity contribution in [2.45, 2.75) is 38.7 Å². The lowest BCUT2D eigenvalue weighted by Crippen LogP contribution is -2.33. The molecule has 4 rings (SSSR count). The molecule has 6 nitrogen and oxygen atoms in total. The molecule has 0 radical (unpaired) electrons. The van der Waals surface area contributed by atoms with Gasteiger partial charge in [-0.05, 0) is 42.7 Å². The number of methoxy groups -OCH3 is 2. The minimum absolute atomic E-state index is 0.168. The lowest BCUT2D eigenvalue weighted by molar-refractivity contribution is -0.131. The van der Waals surface area contributed by atoms with Gasteiger partial charge in [-0.25, -0.2) is 4.79 Å². The van der Waals surface area contributed by atoms with Crippen LogP contribution < -0.4 is 14.2 Å². The summed E-state index contributed by atoms with van der Waals surface area (Å²) in [7, 11) is 2.94. The van der Waals surface area contributed by atoms with Crippen molar-refractivity contribution in [2.75, 3.05) is 14.2 Å². The number of hydrogen-bond donors (Lipinski definition) is 0. The summed E-state index contributed by atoms with van der Waals surface area (Å²) in [4.78, 5) is 24.8. The Labute approximate surface area is 199 Å². The lowest BCUT2D eigenvalue weighted by atomic mass is 9.84. The van der Waals surface area contributed by atoms with Crippen molar-refractivity contribution in [1.29, 1.82) is 0 Å². The molecule has 1 atom stereocenters. The van der Waals surface area contributed by atoms with Gasteiger partial charge >= 0.3 is 11.9 Å². The maximum Gasteiger partial charge on any atom is 0.342 e. The quantitative estimate of drug-likeness (QED) is 0.316. The van der Waals surface area contributed by atoms with Gasteiger partial charge in [0.1, 0.15) is 17.1 Å². The fraction of sp³-hybridized carbons (Fsp3) is 0.286. The van der Waals surface area contributed by atoms with E-state index < -0.39 is 17.5 Å². The number of unbranched alkanes of at least 4 members (excludes halogenated alkanes) is 1. The van der Waals surface area contributed by atoms with Crippen molar-refractivity contribution in [3.63, 3.8) is 0 Å². The summed E-state index contributed by atoms with van der Waals surface area (Å²) < 4.78 is 22.7. The predicted octanol–water partition coefficient (Wildman–Crippen LogP) is 6.05. The Morgan fingerprint density at radius 1 is 1.00 bits per heavy atom. The molecule has 0 bridgehead atoms. The van der Waals surface area contributed by atoms with Gasteiger partial charge in [0.2, 0.25) is 0 Å². The van der Waals surface area contributed by atoms with E-state index in [1.165, 1.54) is 14.0 Å². The van der Waals surface area contributed by atoms with Crippen LogP contribution >= 0.6 is 0 Å². The Morgan fingerprint density at radius 2 is 1.71 bits per heavy atom. The molecule has 0 saturated carbocycles. The van der Waals surface area contributed by atoms with Crippen LogP contribution in [0.5, 0.6) is 17.2 Å². The van der Waals surface area contributed by atoms with Gasteiger partial charge in [0, 0.05) is 23.3 Å². The Bertz CT molecular complexity index is 1260. The van der Waals surface area contributed by atoms with Crippen molar-refractivity contribution in [2.24, 2.45) is 0 Å². The molecule has 34 heavy (non-hydrogen) atoms. The van der Waals surface area contributed by atoms with Gasteiger partial charge < -0.3 is 18.9 Å². The van der Waals surface area contributed by atoms with E-state index in [1.807, 2.05) is 60.7 Å². The second-order valence-corrected chi connectivity index (χ2v) is 8.23. The van der Waals surface area contributed by atoms with Gasteiger partial charge in [-0.3, -0.25) is 4.79 Å². The Hall–Kier alpha value is -3.80. The van der Waals surface area contributed by atoms with Crippen molar-refractivity contribution in [3.05, 3.63) is 71.3 Å². The molecule has 1 heterocycles. The third-order valence-electron chi connectivity index (χ3n) is 6.08. The molecule has 0 aromatic heterocycles. The van der Waals surface area contributed by atoms with E-state index in [9.17, 15) is 9.59 Å². The number of carbonyl (C=O) groups is 2. The van der Waals surface area contributed by atoms with E-state index in [4.69, 9.17) is 18.9 Å². The molecule has 176 valence electrons. The Kier molecular flexibility index (Phi) is 6.59. The molecule has 0 N–H and O–H groups in total. The summed E-state index contributed by atoms with van der Waals surface area (Å²) in [6, 6.07) is 15.3. The number of fused-ring (bicyclic) bond motifs is 3. The van der Waals surface area contributed by atoms with Gasteiger partial charge in [-0.2, -0.15) is 0 Å². The molecule has 0 spiro atoms. The number of carbonyl (C=O) groups excluding carboxylic acids is 2. The zero-order chi connectivity index (χ0) is 24.3. The van der Waals surface area contributed by atoms with Crippen molar-refractivity contribution < 1.29 is 28.5 Å². The monoisotopic (exact) mass is 460 g/mol. The van der Waals surface area contributed by atoms with Gasteiger partial charge in [0.25, 0.3) is 0 Å². The van der Waals surface area contributed by atoms with Gasteiger partial charge in [0.05, 0.1) is 14.2 Å². The molecule has 1 unspecified atom stereocenters. The van der Waals surface area contributed by atoms with Crippen molar-refractivity contribution in [1.82, 2.24) is 0 Å². The summed E-state index contributed by atoms with van der Waals surface area (Å²) in [5.41, 5.74) is 0.953. The molecule has 1 aliphatic heterocycles. The maximum atomic E-state index is 12.9. The third kappa shape index (κ3) is 4.12. The van der Waals surface area contributed by atoms with Crippen LogP contribution in [0.2, 0.25) is 0 Å². The highest BCUT2D eigenvalue weighted by Gasteiger charge is 2.38. The molecular weight excluding hydrogens is 432 g/mol. The molecule has 3 aromatic rings. The van der Waals surface area contributed by atoms with E-state index in [2.05, 4.69) is 6.92 Å². The van der Waals surface area contributed by atoms with E-state index in [0.29, 0.717) is 16.7 Å². The Morgan fingerprint density at radius 3 is 2.32 bits per heavy atom. The van der Waals surface area contributed by atoms with Crippen LogP contribution in [-0.4, -0.2) is 26.2 Å². The Balaban J connectivity index is 1.98. The van der Waals surface area contributed by atoms with Crippen LogP contribution in [0.4, 0.5) is 0 Å². The third-order valence-corrected chi connectivity index (χ3v) is 6.08. The van der Waals surface area contributed by atoms with Crippen LogP contribution in [0.25, 0.3) is 16.8 Å². The fourth-order valence-corrected chi connectivity index (χ4v) is 4.40. The largest absolute Gasteiger partial charge is 0.497 e. The van der Waals surface area contributed by atoms with Crippen LogP contribution in [-0.2, 0) is 15.1 Å². The van der Waals surface area contributed by atoms with E-state index in [0.717, 1.165) is 36.0 Å². The molecule has 6 heteroatoms. The number of rotatable bonds is 7. The summed E-state index contributed by atoms with van der Waals surface area (Å²) >= 11 is 0. The van der Waals surface area contributed by atoms with Crippen LogP contribution in [0, 0.1) is 0 Å². The molecule has 0 amide bonds. The zero-order valence-electron chi connectivity index (χ0n) is 19.8. The highest BCUT2D eigenvalue weighted by Crippen LogP contribution is 2.49. The first-order chi connectivity index (χ1) is 16.4. The fourth-order valence-electron chi connectivity index (χ4n) is 4.40. The van der Waals surface area contributed by atoms with Crippen LogP contribution in [0.3, 0.4) is 0 Å². The second kappa shape index (κ2) is 9.59. The van der Waals surface area contributed by atoms with Crippen molar-refractivity contribution in [3.8, 4) is 17.2 Å². The highest BCUT2D eigenvalue weighted by atomic mass is 16.5. The number of hydrogen-bond acceptors (Lipinski definition) is 6. The normalized spacial score (nSPS) is 16.5. The number of benzene rings is 3. The SMILES string of the molecule is CCCCC1(c2ccc(OC)cc2)C=Cc2c(C(=O)OC)c(OC(C)=O)c3ccccc3c2O1. The summed E-state index contributed by atoms with van der Waals surface area (Å²) in [6.07, 6.45) is 6.55. The lowest BCUT2D eigenvalue weighted by Gasteiger charge is -2.37. The topological polar surface area (TPSA) is 71.1 Å². The van der Waals surface area contributed by atoms with Crippen molar-refractivity contribution >= 4 is 28.8 Å². The van der Waals surface area contributed by atoms with E-state index >= 15 is 0 Å². The van der Waals surface area contributed by atoms with E-state index in [1.54, 1.807) is 7.11 Å². The first-order valence-electron chi connectivity index (χ1n) is 11.3. The second-order valence-electron chi connectivity index (χ2n) is 8.23. The maximum absolute atomic E-state index is 12.9.